The largest absolute Gasteiger partial charge is 0.416 e. The van der Waals surface area contributed by atoms with Gasteiger partial charge in [0.15, 0.2) is 0 Å². The molecule has 4 nitrogen and oxygen atoms in total. The van der Waals surface area contributed by atoms with Crippen LogP contribution in [0.1, 0.15) is 18.4 Å². The second kappa shape index (κ2) is 4.58. The molecular formula is C15H17F3N2O2. The van der Waals surface area contributed by atoms with Crippen LogP contribution in [0.4, 0.5) is 19.0 Å². The number of aliphatic hydroxyl groups is 1. The zero-order valence-corrected chi connectivity index (χ0v) is 11.9. The van der Waals surface area contributed by atoms with Crippen molar-refractivity contribution in [1.82, 2.24) is 4.98 Å². The van der Waals surface area contributed by atoms with Gasteiger partial charge < -0.3 is 14.7 Å². The fraction of sp³-hybridized carbons (Fsp3) is 0.667. The second-order valence-electron chi connectivity index (χ2n) is 6.49. The SMILES string of the molecule is OC[C@H]1[C@H]2CN(c3cc(C(F)(F)F)ccn3)C[C@]23CC[C@H]1O3. The van der Waals surface area contributed by atoms with Crippen molar-refractivity contribution in [3.05, 3.63) is 23.9 Å². The molecule has 4 atom stereocenters. The monoisotopic (exact) mass is 314 g/mol. The Kier molecular flexibility index (Phi) is 2.97. The van der Waals surface area contributed by atoms with Crippen molar-refractivity contribution in [2.45, 2.75) is 30.7 Å². The van der Waals surface area contributed by atoms with E-state index in [1.807, 2.05) is 4.90 Å². The molecule has 0 unspecified atom stereocenters. The van der Waals surface area contributed by atoms with Crippen molar-refractivity contribution in [1.29, 1.82) is 0 Å². The predicted molar refractivity (Wildman–Crippen MR) is 72.4 cm³/mol. The molecule has 7 heteroatoms. The highest BCUT2D eigenvalue weighted by Gasteiger charge is 2.63. The van der Waals surface area contributed by atoms with E-state index in [-0.39, 0.29) is 30.1 Å². The maximum atomic E-state index is 12.8. The first kappa shape index (κ1) is 14.3. The Morgan fingerprint density at radius 3 is 3.00 bits per heavy atom. The highest BCUT2D eigenvalue weighted by Crippen LogP contribution is 2.55. The molecule has 120 valence electrons. The molecule has 2 bridgehead atoms. The van der Waals surface area contributed by atoms with Crippen LogP contribution in [-0.4, -0.2) is 41.5 Å². The lowest BCUT2D eigenvalue weighted by atomic mass is 9.74. The van der Waals surface area contributed by atoms with E-state index < -0.39 is 11.7 Å². The fourth-order valence-corrected chi connectivity index (χ4v) is 4.38. The van der Waals surface area contributed by atoms with Crippen LogP contribution in [0.3, 0.4) is 0 Å². The number of halogens is 3. The number of anilines is 1. The molecule has 1 spiro atoms. The number of hydrogen-bond donors (Lipinski definition) is 1. The standard InChI is InChI=1S/C15H17F3N2O2/c16-15(17,18)9-2-4-19-13(5-9)20-6-11-10(7-21)12-1-3-14(11,8-20)22-12/h2,4-5,10-12,21H,1,3,6-8H2/t10-,11+,12+,14+/m0/s1. The molecule has 0 saturated carbocycles. The molecule has 1 aromatic heterocycles. The molecular weight excluding hydrogens is 297 g/mol. The Labute approximate surface area is 125 Å². The molecule has 3 saturated heterocycles. The summed E-state index contributed by atoms with van der Waals surface area (Å²) in [6.45, 7) is 1.22. The predicted octanol–water partition coefficient (Wildman–Crippen LogP) is 2.08. The van der Waals surface area contributed by atoms with Gasteiger partial charge in [-0.2, -0.15) is 13.2 Å². The second-order valence-corrected chi connectivity index (χ2v) is 6.49. The number of ether oxygens (including phenoxy) is 1. The summed E-state index contributed by atoms with van der Waals surface area (Å²) in [4.78, 5) is 5.97. The summed E-state index contributed by atoms with van der Waals surface area (Å²) in [6, 6.07) is 2.08. The Hall–Kier alpha value is -1.34. The smallest absolute Gasteiger partial charge is 0.396 e. The normalized spacial score (nSPS) is 36.9. The van der Waals surface area contributed by atoms with Crippen molar-refractivity contribution in [2.75, 3.05) is 24.6 Å². The zero-order chi connectivity index (χ0) is 15.5. The third-order valence-electron chi connectivity index (χ3n) is 5.39. The van der Waals surface area contributed by atoms with Gasteiger partial charge in [0.2, 0.25) is 0 Å². The van der Waals surface area contributed by atoms with E-state index in [4.69, 9.17) is 4.74 Å². The fourth-order valence-electron chi connectivity index (χ4n) is 4.38. The molecule has 3 fully saturated rings. The molecule has 0 aromatic carbocycles. The number of nitrogens with zero attached hydrogens (tertiary/aromatic N) is 2. The number of alkyl halides is 3. The van der Waals surface area contributed by atoms with Gasteiger partial charge >= 0.3 is 6.18 Å². The quantitative estimate of drug-likeness (QED) is 0.908. The molecule has 4 heterocycles. The van der Waals surface area contributed by atoms with Crippen LogP contribution in [0.15, 0.2) is 18.3 Å². The van der Waals surface area contributed by atoms with Gasteiger partial charge in [-0.15, -0.1) is 0 Å². The van der Waals surface area contributed by atoms with Crippen LogP contribution in [-0.2, 0) is 10.9 Å². The van der Waals surface area contributed by atoms with Crippen molar-refractivity contribution in [3.63, 3.8) is 0 Å². The van der Waals surface area contributed by atoms with E-state index in [1.54, 1.807) is 0 Å². The topological polar surface area (TPSA) is 45.6 Å². The van der Waals surface area contributed by atoms with Crippen LogP contribution in [0.25, 0.3) is 0 Å². The average molecular weight is 314 g/mol. The van der Waals surface area contributed by atoms with E-state index in [0.717, 1.165) is 25.0 Å². The highest BCUT2D eigenvalue weighted by atomic mass is 19.4. The third kappa shape index (κ3) is 1.95. The van der Waals surface area contributed by atoms with Gasteiger partial charge in [-0.3, -0.25) is 0 Å². The minimum atomic E-state index is -4.37. The average Bonchev–Trinajstić information content (AvgIpc) is 3.13. The molecule has 0 amide bonds. The van der Waals surface area contributed by atoms with Gasteiger partial charge in [0, 0.05) is 37.7 Å². The van der Waals surface area contributed by atoms with Gasteiger partial charge in [-0.25, -0.2) is 4.98 Å². The summed E-state index contributed by atoms with van der Waals surface area (Å²) in [5.74, 6) is 0.597. The first-order valence-corrected chi connectivity index (χ1v) is 7.50. The van der Waals surface area contributed by atoms with Gasteiger partial charge in [0.05, 0.1) is 17.3 Å². The number of fused-ring (bicyclic) bond motifs is 1. The van der Waals surface area contributed by atoms with E-state index in [1.165, 1.54) is 6.20 Å². The van der Waals surface area contributed by atoms with E-state index in [0.29, 0.717) is 18.9 Å². The van der Waals surface area contributed by atoms with Crippen molar-refractivity contribution in [2.24, 2.45) is 11.8 Å². The third-order valence-corrected chi connectivity index (χ3v) is 5.39. The van der Waals surface area contributed by atoms with Crippen LogP contribution in [0.5, 0.6) is 0 Å². The van der Waals surface area contributed by atoms with Gasteiger partial charge in [0.1, 0.15) is 5.82 Å². The maximum Gasteiger partial charge on any atom is 0.416 e. The van der Waals surface area contributed by atoms with Crippen LogP contribution in [0, 0.1) is 11.8 Å². The number of aliphatic hydroxyl groups excluding tert-OH is 1. The molecule has 0 aliphatic carbocycles. The van der Waals surface area contributed by atoms with Gasteiger partial charge in [-0.05, 0) is 25.0 Å². The molecule has 3 aliphatic heterocycles. The Balaban J connectivity index is 1.61. The summed E-state index contributed by atoms with van der Waals surface area (Å²) in [5, 5.41) is 9.58. The summed E-state index contributed by atoms with van der Waals surface area (Å²) < 4.78 is 44.6. The number of hydrogen-bond acceptors (Lipinski definition) is 4. The highest BCUT2D eigenvalue weighted by molar-refractivity contribution is 5.45. The number of pyridine rings is 1. The van der Waals surface area contributed by atoms with Gasteiger partial charge in [0.25, 0.3) is 0 Å². The summed E-state index contributed by atoms with van der Waals surface area (Å²) in [7, 11) is 0. The van der Waals surface area contributed by atoms with E-state index in [9.17, 15) is 18.3 Å². The Morgan fingerprint density at radius 1 is 1.45 bits per heavy atom. The summed E-state index contributed by atoms with van der Waals surface area (Å²) >= 11 is 0. The van der Waals surface area contributed by atoms with E-state index in [2.05, 4.69) is 4.98 Å². The lowest BCUT2D eigenvalue weighted by molar-refractivity contribution is -0.137. The van der Waals surface area contributed by atoms with Crippen LogP contribution < -0.4 is 4.90 Å². The lowest BCUT2D eigenvalue weighted by Gasteiger charge is -2.27. The molecule has 1 N–H and O–H groups in total. The van der Waals surface area contributed by atoms with Crippen molar-refractivity contribution < 1.29 is 23.0 Å². The van der Waals surface area contributed by atoms with Crippen molar-refractivity contribution >= 4 is 5.82 Å². The van der Waals surface area contributed by atoms with Gasteiger partial charge in [-0.1, -0.05) is 0 Å². The first-order chi connectivity index (χ1) is 10.4. The Bertz CT molecular complexity index is 594. The zero-order valence-electron chi connectivity index (χ0n) is 11.9. The molecule has 22 heavy (non-hydrogen) atoms. The lowest BCUT2D eigenvalue weighted by Crippen LogP contribution is -2.37. The Morgan fingerprint density at radius 2 is 2.27 bits per heavy atom. The molecule has 1 aromatic rings. The van der Waals surface area contributed by atoms with E-state index >= 15 is 0 Å². The van der Waals surface area contributed by atoms with Crippen LogP contribution in [0.2, 0.25) is 0 Å². The molecule has 4 rings (SSSR count). The number of rotatable bonds is 2. The first-order valence-electron chi connectivity index (χ1n) is 7.50. The van der Waals surface area contributed by atoms with Crippen LogP contribution >= 0.6 is 0 Å². The maximum absolute atomic E-state index is 12.8. The van der Waals surface area contributed by atoms with Crippen molar-refractivity contribution in [3.8, 4) is 0 Å². The number of aromatic nitrogens is 1. The summed E-state index contributed by atoms with van der Waals surface area (Å²) in [6.07, 6.45) is -1.23. The molecule has 0 radical (unpaired) electrons. The molecule has 3 aliphatic rings. The summed E-state index contributed by atoms with van der Waals surface area (Å²) in [5.41, 5.74) is -0.996. The minimum absolute atomic E-state index is 0.0704. The minimum Gasteiger partial charge on any atom is -0.396 e.